The highest BCUT2D eigenvalue weighted by Gasteiger charge is 2.15. The first-order chi connectivity index (χ1) is 6.89. The summed E-state index contributed by atoms with van der Waals surface area (Å²) in [5.74, 6) is 1.71. The zero-order valence-corrected chi connectivity index (χ0v) is 10.5. The van der Waals surface area contributed by atoms with Gasteiger partial charge in [0.1, 0.15) is 5.82 Å². The van der Waals surface area contributed by atoms with Crippen LogP contribution >= 0.6 is 0 Å². The van der Waals surface area contributed by atoms with Gasteiger partial charge in [-0.05, 0) is 12.5 Å². The van der Waals surface area contributed by atoms with E-state index in [1.54, 1.807) is 0 Å². The van der Waals surface area contributed by atoms with E-state index in [4.69, 9.17) is 0 Å². The minimum absolute atomic E-state index is 0.156. The van der Waals surface area contributed by atoms with E-state index < -0.39 is 0 Å². The third kappa shape index (κ3) is 4.04. The molecular weight excluding hydrogens is 186 g/mol. The molecule has 0 aromatic carbocycles. The first-order valence-electron chi connectivity index (χ1n) is 5.64. The van der Waals surface area contributed by atoms with Gasteiger partial charge < -0.3 is 10.3 Å². The van der Waals surface area contributed by atoms with Gasteiger partial charge in [0.2, 0.25) is 0 Å². The Hall–Kier alpha value is -0.830. The van der Waals surface area contributed by atoms with Crippen molar-refractivity contribution in [1.82, 2.24) is 15.3 Å². The normalized spacial score (nSPS) is 12.4. The number of nitrogens with one attached hydrogen (secondary N) is 2. The maximum atomic E-state index is 4.36. The van der Waals surface area contributed by atoms with Crippen LogP contribution < -0.4 is 5.32 Å². The number of aromatic nitrogens is 2. The number of nitrogens with zero attached hydrogens (tertiary/aromatic N) is 1. The molecule has 0 radical (unpaired) electrons. The number of hydrogen-bond donors (Lipinski definition) is 2. The molecule has 0 atom stereocenters. The molecule has 1 heterocycles. The Bertz CT molecular complexity index is 294. The molecule has 15 heavy (non-hydrogen) atoms. The van der Waals surface area contributed by atoms with Gasteiger partial charge in [-0.2, -0.15) is 0 Å². The third-order valence-corrected chi connectivity index (χ3v) is 2.28. The summed E-state index contributed by atoms with van der Waals surface area (Å²) in [6.45, 7) is 12.8. The maximum absolute atomic E-state index is 4.36. The van der Waals surface area contributed by atoms with Gasteiger partial charge in [0.15, 0.2) is 0 Å². The van der Waals surface area contributed by atoms with Crippen LogP contribution in [0.1, 0.15) is 46.1 Å². The van der Waals surface area contributed by atoms with Crippen LogP contribution in [-0.2, 0) is 12.0 Å². The summed E-state index contributed by atoms with van der Waals surface area (Å²) < 4.78 is 0. The monoisotopic (exact) mass is 209 g/mol. The average Bonchev–Trinajstić information content (AvgIpc) is 2.51. The van der Waals surface area contributed by atoms with E-state index in [-0.39, 0.29) is 5.41 Å². The standard InChI is InChI=1S/C12H23N3/c1-9(2)6-13-8-11-14-7-10(15-11)12(3,4)5/h7,9,13H,6,8H2,1-5H3,(H,14,15). The molecule has 0 aliphatic carbocycles. The highest BCUT2D eigenvalue weighted by atomic mass is 15.0. The molecule has 0 fully saturated rings. The first-order valence-corrected chi connectivity index (χ1v) is 5.64. The van der Waals surface area contributed by atoms with Crippen LogP contribution in [0.25, 0.3) is 0 Å². The number of H-pyrrole nitrogens is 1. The smallest absolute Gasteiger partial charge is 0.120 e. The van der Waals surface area contributed by atoms with Gasteiger partial charge in [-0.15, -0.1) is 0 Å². The molecule has 0 unspecified atom stereocenters. The second-order valence-corrected chi connectivity index (χ2v) is 5.52. The van der Waals surface area contributed by atoms with Crippen LogP contribution in [0.2, 0.25) is 0 Å². The zero-order chi connectivity index (χ0) is 11.5. The van der Waals surface area contributed by atoms with Gasteiger partial charge in [-0.3, -0.25) is 0 Å². The fourth-order valence-corrected chi connectivity index (χ4v) is 1.31. The van der Waals surface area contributed by atoms with E-state index in [1.165, 1.54) is 5.69 Å². The van der Waals surface area contributed by atoms with E-state index >= 15 is 0 Å². The van der Waals surface area contributed by atoms with Crippen molar-refractivity contribution in [2.75, 3.05) is 6.54 Å². The molecule has 0 saturated carbocycles. The van der Waals surface area contributed by atoms with E-state index in [0.29, 0.717) is 5.92 Å². The molecule has 86 valence electrons. The molecule has 3 heteroatoms. The molecule has 0 amide bonds. The molecule has 0 aliphatic heterocycles. The van der Waals surface area contributed by atoms with Crippen LogP contribution in [0, 0.1) is 5.92 Å². The van der Waals surface area contributed by atoms with Crippen molar-refractivity contribution in [3.63, 3.8) is 0 Å². The van der Waals surface area contributed by atoms with Crippen molar-refractivity contribution < 1.29 is 0 Å². The highest BCUT2D eigenvalue weighted by Crippen LogP contribution is 2.19. The molecule has 0 saturated heterocycles. The zero-order valence-electron chi connectivity index (χ0n) is 10.5. The van der Waals surface area contributed by atoms with Crippen molar-refractivity contribution in [2.45, 2.75) is 46.6 Å². The SMILES string of the molecule is CC(C)CNCc1ncc(C(C)(C)C)[nH]1. The van der Waals surface area contributed by atoms with Crippen LogP contribution in [0.5, 0.6) is 0 Å². The van der Waals surface area contributed by atoms with Gasteiger partial charge in [0.25, 0.3) is 0 Å². The van der Waals surface area contributed by atoms with Gasteiger partial charge in [-0.1, -0.05) is 34.6 Å². The summed E-state index contributed by atoms with van der Waals surface area (Å²) in [6, 6.07) is 0. The lowest BCUT2D eigenvalue weighted by atomic mass is 9.93. The Balaban J connectivity index is 2.47. The Morgan fingerprint density at radius 2 is 2.07 bits per heavy atom. The predicted octanol–water partition coefficient (Wildman–Crippen LogP) is 2.45. The van der Waals surface area contributed by atoms with Crippen molar-refractivity contribution in [3.8, 4) is 0 Å². The van der Waals surface area contributed by atoms with Crippen molar-refractivity contribution >= 4 is 0 Å². The second-order valence-electron chi connectivity index (χ2n) is 5.52. The Morgan fingerprint density at radius 1 is 1.40 bits per heavy atom. The van der Waals surface area contributed by atoms with E-state index in [9.17, 15) is 0 Å². The van der Waals surface area contributed by atoms with Crippen LogP contribution in [0.4, 0.5) is 0 Å². The van der Waals surface area contributed by atoms with Crippen molar-refractivity contribution in [2.24, 2.45) is 5.92 Å². The van der Waals surface area contributed by atoms with Crippen molar-refractivity contribution in [3.05, 3.63) is 17.7 Å². The van der Waals surface area contributed by atoms with Crippen LogP contribution in [0.15, 0.2) is 6.20 Å². The van der Waals surface area contributed by atoms with E-state index in [2.05, 4.69) is 49.9 Å². The molecule has 1 aromatic rings. The quantitative estimate of drug-likeness (QED) is 0.799. The van der Waals surface area contributed by atoms with E-state index in [1.807, 2.05) is 6.20 Å². The van der Waals surface area contributed by atoms with Gasteiger partial charge in [-0.25, -0.2) is 4.98 Å². The molecule has 0 bridgehead atoms. The molecule has 1 aromatic heterocycles. The number of rotatable bonds is 4. The summed E-state index contributed by atoms with van der Waals surface area (Å²) >= 11 is 0. The molecule has 3 nitrogen and oxygen atoms in total. The Morgan fingerprint density at radius 3 is 2.53 bits per heavy atom. The highest BCUT2D eigenvalue weighted by molar-refractivity contribution is 5.11. The van der Waals surface area contributed by atoms with Gasteiger partial charge in [0.05, 0.1) is 6.54 Å². The van der Waals surface area contributed by atoms with Crippen LogP contribution in [-0.4, -0.2) is 16.5 Å². The minimum atomic E-state index is 0.156. The summed E-state index contributed by atoms with van der Waals surface area (Å²) in [5.41, 5.74) is 1.35. The second kappa shape index (κ2) is 4.79. The average molecular weight is 209 g/mol. The number of aromatic amines is 1. The van der Waals surface area contributed by atoms with Crippen LogP contribution in [0.3, 0.4) is 0 Å². The lowest BCUT2D eigenvalue weighted by molar-refractivity contribution is 0.539. The summed E-state index contributed by atoms with van der Waals surface area (Å²) in [7, 11) is 0. The molecule has 1 rings (SSSR count). The Labute approximate surface area is 92.7 Å². The fourth-order valence-electron chi connectivity index (χ4n) is 1.31. The minimum Gasteiger partial charge on any atom is -0.344 e. The first kappa shape index (κ1) is 12.2. The number of hydrogen-bond acceptors (Lipinski definition) is 2. The number of imidazole rings is 1. The summed E-state index contributed by atoms with van der Waals surface area (Å²) in [4.78, 5) is 7.71. The maximum Gasteiger partial charge on any atom is 0.120 e. The Kier molecular flexibility index (Phi) is 3.91. The molecular formula is C12H23N3. The summed E-state index contributed by atoms with van der Waals surface area (Å²) in [5, 5.41) is 3.37. The van der Waals surface area contributed by atoms with E-state index in [0.717, 1.165) is 18.9 Å². The molecule has 0 spiro atoms. The largest absolute Gasteiger partial charge is 0.344 e. The fraction of sp³-hybridized carbons (Fsp3) is 0.750. The van der Waals surface area contributed by atoms with Gasteiger partial charge in [0, 0.05) is 17.3 Å². The molecule has 2 N–H and O–H groups in total. The van der Waals surface area contributed by atoms with Gasteiger partial charge >= 0.3 is 0 Å². The topological polar surface area (TPSA) is 40.7 Å². The lowest BCUT2D eigenvalue weighted by Crippen LogP contribution is -2.20. The van der Waals surface area contributed by atoms with Crippen molar-refractivity contribution in [1.29, 1.82) is 0 Å². The summed E-state index contributed by atoms with van der Waals surface area (Å²) in [6.07, 6.45) is 1.94. The lowest BCUT2D eigenvalue weighted by Gasteiger charge is -2.15. The predicted molar refractivity (Wildman–Crippen MR) is 63.8 cm³/mol. The molecule has 0 aliphatic rings. The third-order valence-electron chi connectivity index (χ3n) is 2.28.